The van der Waals surface area contributed by atoms with Gasteiger partial charge in [-0.25, -0.2) is 0 Å². The van der Waals surface area contributed by atoms with Gasteiger partial charge in [0.1, 0.15) is 6.54 Å². The molecule has 1 aliphatic rings. The molecular weight excluding hydrogens is 336 g/mol. The number of nitrogens with zero attached hydrogens (tertiary/aromatic N) is 6. The molecule has 2 aromatic heterocycles. The Morgan fingerprint density at radius 2 is 1.88 bits per heavy atom. The molecule has 0 spiro atoms. The highest BCUT2D eigenvalue weighted by molar-refractivity contribution is 7.08. The number of para-hydroxylation sites is 1. The molecule has 3 heterocycles. The minimum absolute atomic E-state index is 0.0296. The molecule has 0 aliphatic carbocycles. The van der Waals surface area contributed by atoms with Crippen LogP contribution in [0.3, 0.4) is 0 Å². The van der Waals surface area contributed by atoms with Gasteiger partial charge in [-0.15, -0.1) is 10.2 Å². The first kappa shape index (κ1) is 15.8. The second-order valence-corrected chi connectivity index (χ2v) is 6.64. The van der Waals surface area contributed by atoms with Gasteiger partial charge < -0.3 is 9.80 Å². The lowest BCUT2D eigenvalue weighted by Gasteiger charge is -2.36. The van der Waals surface area contributed by atoms with E-state index < -0.39 is 0 Å². The Balaban J connectivity index is 1.34. The molecule has 0 N–H and O–H groups in total. The van der Waals surface area contributed by atoms with E-state index in [1.54, 1.807) is 11.3 Å². The number of tetrazole rings is 1. The first-order chi connectivity index (χ1) is 12.3. The Morgan fingerprint density at radius 3 is 2.60 bits per heavy atom. The average molecular weight is 354 g/mol. The molecule has 25 heavy (non-hydrogen) atoms. The molecule has 7 nitrogen and oxygen atoms in total. The third-order valence-corrected chi connectivity index (χ3v) is 4.95. The summed E-state index contributed by atoms with van der Waals surface area (Å²) in [6.45, 7) is 3.21. The minimum atomic E-state index is 0.0296. The maximum absolute atomic E-state index is 12.5. The van der Waals surface area contributed by atoms with E-state index in [1.165, 1.54) is 10.5 Å². The maximum Gasteiger partial charge on any atom is 0.246 e. The van der Waals surface area contributed by atoms with E-state index in [1.807, 2.05) is 39.9 Å². The minimum Gasteiger partial charge on any atom is -0.368 e. The summed E-state index contributed by atoms with van der Waals surface area (Å²) >= 11 is 1.58. The molecule has 0 atom stereocenters. The predicted molar refractivity (Wildman–Crippen MR) is 96.4 cm³/mol. The van der Waals surface area contributed by atoms with Crippen LogP contribution in [0.5, 0.6) is 0 Å². The third-order valence-electron chi connectivity index (χ3n) is 4.26. The second kappa shape index (κ2) is 7.02. The van der Waals surface area contributed by atoms with Crippen LogP contribution in [0.25, 0.3) is 11.4 Å². The van der Waals surface area contributed by atoms with E-state index in [9.17, 15) is 4.79 Å². The fourth-order valence-electron chi connectivity index (χ4n) is 2.89. The number of hydrogen-bond acceptors (Lipinski definition) is 6. The van der Waals surface area contributed by atoms with Crippen LogP contribution in [-0.2, 0) is 11.3 Å². The van der Waals surface area contributed by atoms with Crippen molar-refractivity contribution in [3.8, 4) is 11.4 Å². The molecular formula is C17H18N6OS. The summed E-state index contributed by atoms with van der Waals surface area (Å²) in [7, 11) is 0. The van der Waals surface area contributed by atoms with E-state index in [-0.39, 0.29) is 12.5 Å². The molecule has 1 fully saturated rings. The largest absolute Gasteiger partial charge is 0.368 e. The van der Waals surface area contributed by atoms with Crippen LogP contribution in [-0.4, -0.2) is 57.2 Å². The lowest BCUT2D eigenvalue weighted by molar-refractivity contribution is -0.132. The number of piperazine rings is 1. The van der Waals surface area contributed by atoms with Gasteiger partial charge in [0.05, 0.1) is 0 Å². The molecule has 0 bridgehead atoms. The van der Waals surface area contributed by atoms with Crippen molar-refractivity contribution in [2.75, 3.05) is 31.1 Å². The van der Waals surface area contributed by atoms with Gasteiger partial charge in [0, 0.05) is 42.8 Å². The molecule has 8 heteroatoms. The van der Waals surface area contributed by atoms with Crippen LogP contribution in [0.1, 0.15) is 0 Å². The number of aromatic nitrogens is 4. The Kier molecular flexibility index (Phi) is 4.43. The molecule has 0 unspecified atom stereocenters. The van der Waals surface area contributed by atoms with Gasteiger partial charge in [0.2, 0.25) is 11.7 Å². The highest BCUT2D eigenvalue weighted by Crippen LogP contribution is 2.17. The number of carbonyl (C=O) groups is 1. The van der Waals surface area contributed by atoms with E-state index in [2.05, 4.69) is 32.4 Å². The smallest absolute Gasteiger partial charge is 0.246 e. The fraction of sp³-hybridized carbons (Fsp3) is 0.294. The standard InChI is InChI=1S/C17H18N6OS/c24-16(12-23-19-17(18-20-23)14-6-11-25-13-14)22-9-7-21(8-10-22)15-4-2-1-3-5-15/h1-6,11,13H,7-10,12H2. The molecule has 1 aliphatic heterocycles. The number of hydrogen-bond donors (Lipinski definition) is 0. The van der Waals surface area contributed by atoms with Crippen molar-refractivity contribution in [1.82, 2.24) is 25.1 Å². The zero-order valence-electron chi connectivity index (χ0n) is 13.7. The van der Waals surface area contributed by atoms with Crippen LogP contribution in [0.4, 0.5) is 5.69 Å². The Hall–Kier alpha value is -2.74. The van der Waals surface area contributed by atoms with Crippen LogP contribution in [0.2, 0.25) is 0 Å². The van der Waals surface area contributed by atoms with Gasteiger partial charge in [0.15, 0.2) is 0 Å². The summed E-state index contributed by atoms with van der Waals surface area (Å²) in [4.78, 5) is 18.0. The molecule has 0 saturated carbocycles. The predicted octanol–water partition coefficient (Wildman–Crippen LogP) is 1.75. The van der Waals surface area contributed by atoms with Crippen molar-refractivity contribution in [3.63, 3.8) is 0 Å². The molecule has 3 aromatic rings. The van der Waals surface area contributed by atoms with Crippen LogP contribution < -0.4 is 4.90 Å². The second-order valence-electron chi connectivity index (χ2n) is 5.86. The van der Waals surface area contributed by atoms with Gasteiger partial charge in [-0.1, -0.05) is 18.2 Å². The maximum atomic E-state index is 12.5. The zero-order chi connectivity index (χ0) is 17.1. The number of anilines is 1. The summed E-state index contributed by atoms with van der Waals surface area (Å²) in [6.07, 6.45) is 0. The molecule has 4 rings (SSSR count). The van der Waals surface area contributed by atoms with Crippen molar-refractivity contribution < 1.29 is 4.79 Å². The Morgan fingerprint density at radius 1 is 1.08 bits per heavy atom. The average Bonchev–Trinajstić information content (AvgIpc) is 3.34. The molecule has 0 radical (unpaired) electrons. The van der Waals surface area contributed by atoms with Crippen LogP contribution >= 0.6 is 11.3 Å². The first-order valence-corrected chi connectivity index (χ1v) is 9.12. The normalized spacial score (nSPS) is 14.7. The van der Waals surface area contributed by atoms with Gasteiger partial charge in [-0.05, 0) is 28.8 Å². The number of rotatable bonds is 4. The van der Waals surface area contributed by atoms with Crippen molar-refractivity contribution in [2.45, 2.75) is 6.54 Å². The van der Waals surface area contributed by atoms with Crippen LogP contribution in [0.15, 0.2) is 47.2 Å². The number of amides is 1. The topological polar surface area (TPSA) is 67.2 Å². The monoisotopic (exact) mass is 354 g/mol. The first-order valence-electron chi connectivity index (χ1n) is 8.18. The van der Waals surface area contributed by atoms with Crippen molar-refractivity contribution >= 4 is 22.9 Å². The molecule has 1 aromatic carbocycles. The summed E-state index contributed by atoms with van der Waals surface area (Å²) in [5.41, 5.74) is 2.13. The van der Waals surface area contributed by atoms with E-state index in [0.717, 1.165) is 18.7 Å². The van der Waals surface area contributed by atoms with Crippen molar-refractivity contribution in [1.29, 1.82) is 0 Å². The highest BCUT2D eigenvalue weighted by Gasteiger charge is 2.22. The number of thiophene rings is 1. The van der Waals surface area contributed by atoms with E-state index in [4.69, 9.17) is 0 Å². The lowest BCUT2D eigenvalue weighted by atomic mass is 10.2. The van der Waals surface area contributed by atoms with Crippen molar-refractivity contribution in [2.24, 2.45) is 0 Å². The summed E-state index contributed by atoms with van der Waals surface area (Å²) in [5.74, 6) is 0.588. The van der Waals surface area contributed by atoms with Gasteiger partial charge in [-0.2, -0.15) is 16.1 Å². The highest BCUT2D eigenvalue weighted by atomic mass is 32.1. The fourth-order valence-corrected chi connectivity index (χ4v) is 3.53. The molecule has 1 amide bonds. The lowest BCUT2D eigenvalue weighted by Crippen LogP contribution is -2.49. The van der Waals surface area contributed by atoms with Gasteiger partial charge in [-0.3, -0.25) is 4.79 Å². The molecule has 128 valence electrons. The number of carbonyl (C=O) groups excluding carboxylic acids is 1. The summed E-state index contributed by atoms with van der Waals surface area (Å²) in [5, 5.41) is 16.2. The van der Waals surface area contributed by atoms with Gasteiger partial charge >= 0.3 is 0 Å². The Labute approximate surface area is 149 Å². The van der Waals surface area contributed by atoms with Crippen molar-refractivity contribution in [3.05, 3.63) is 47.2 Å². The number of benzene rings is 1. The zero-order valence-corrected chi connectivity index (χ0v) is 14.5. The third kappa shape index (κ3) is 3.53. The van der Waals surface area contributed by atoms with Crippen LogP contribution in [0, 0.1) is 0 Å². The summed E-state index contributed by atoms with van der Waals surface area (Å²) < 4.78 is 0. The molecule has 1 saturated heterocycles. The van der Waals surface area contributed by atoms with E-state index in [0.29, 0.717) is 18.9 Å². The Bertz CT molecular complexity index is 824. The summed E-state index contributed by atoms with van der Waals surface area (Å²) in [6, 6.07) is 12.2. The SMILES string of the molecule is O=C(Cn1nnc(-c2ccsc2)n1)N1CCN(c2ccccc2)CC1. The van der Waals surface area contributed by atoms with Gasteiger partial charge in [0.25, 0.3) is 0 Å². The quantitative estimate of drug-likeness (QED) is 0.714. The van der Waals surface area contributed by atoms with E-state index >= 15 is 0 Å².